The average molecular weight is 1160 g/mol. The van der Waals surface area contributed by atoms with Gasteiger partial charge in [-0.05, 0) is 108 Å². The summed E-state index contributed by atoms with van der Waals surface area (Å²) >= 11 is 1.46. The lowest BCUT2D eigenvalue weighted by Gasteiger charge is -2.38. The van der Waals surface area contributed by atoms with Crippen LogP contribution in [0.15, 0.2) is 65.9 Å². The number of thioether (sulfide) groups is 1. The number of hydrogen-bond acceptors (Lipinski definition) is 17. The highest BCUT2D eigenvalue weighted by Crippen LogP contribution is 2.34. The van der Waals surface area contributed by atoms with Gasteiger partial charge in [-0.15, -0.1) is 11.8 Å². The van der Waals surface area contributed by atoms with Gasteiger partial charge < -0.3 is 59.7 Å². The fraction of sp³-hybridized carbons (Fsp3) is 0.561. The van der Waals surface area contributed by atoms with Crippen LogP contribution >= 0.6 is 11.8 Å². The number of nitrogens with one attached hydrogen (secondary N) is 4. The van der Waals surface area contributed by atoms with E-state index in [4.69, 9.17) is 28.7 Å². The third-order valence-corrected chi connectivity index (χ3v) is 16.1. The zero-order chi connectivity index (χ0) is 58.1. The molecule has 2 unspecified atom stereocenters. The normalized spacial score (nSPS) is 20.2. The van der Waals surface area contributed by atoms with Crippen LogP contribution in [-0.2, 0) is 38.1 Å². The lowest BCUT2D eigenvalue weighted by molar-refractivity contribution is -0.140. The fourth-order valence-electron chi connectivity index (χ4n) is 10.3. The Kier molecular flexibility index (Phi) is 22.5. The van der Waals surface area contributed by atoms with Gasteiger partial charge in [0.1, 0.15) is 47.0 Å². The highest BCUT2D eigenvalue weighted by molar-refractivity contribution is 8.14. The standard InChI is InChI=1S/C57H75F2N11O11S/c1-36-34-68(56(75)44-33-62-70-22-15-48(65-53(44)70)63-37(2)43-32-42(59)11-12-47(43)81-36)23-18-61-49(71)16-24-77-26-28-79-30-31-80-29-27-78-25-17-50(72)67-20-13-39(14-21-67)51(66-54(74)38(3)60-4)57(76)69-19-5-6-46(69)55-64-45(35-82-55)52(73)40-7-9-41(58)10-8-40/h7-12,15,22,32-33,36-39,45-46,51,60H,5-6,13-14,16-21,23-31,34-35H2,1-4H3,(H,61,71)(H,63,65)(H,66,74)/t36-,37?,38-,45?,46-,51-/m0/s1. The molecule has 5 amide bonds. The molecule has 82 heavy (non-hydrogen) atoms. The molecule has 2 bridgehead atoms. The number of ether oxygens (including phenoxy) is 5. The minimum Gasteiger partial charge on any atom is -0.489 e. The largest absolute Gasteiger partial charge is 0.489 e. The number of likely N-dealkylation sites (N-methyl/N-ethyl adjacent to an activating group) is 1. The molecular weight excluding hydrogens is 1080 g/mol. The van der Waals surface area contributed by atoms with Crippen molar-refractivity contribution in [3.05, 3.63) is 89.2 Å². The highest BCUT2D eigenvalue weighted by Gasteiger charge is 2.43. The first-order valence-corrected chi connectivity index (χ1v) is 29.2. The molecule has 2 saturated heterocycles. The Morgan fingerprint density at radius 2 is 1.55 bits per heavy atom. The van der Waals surface area contributed by atoms with Crippen molar-refractivity contribution in [3.8, 4) is 5.75 Å². The molecule has 0 spiro atoms. The molecule has 8 rings (SSSR count). The number of fused-ring (bicyclic) bond motifs is 2. The molecule has 2 aromatic heterocycles. The molecule has 4 aliphatic heterocycles. The summed E-state index contributed by atoms with van der Waals surface area (Å²) < 4.78 is 58.1. The topological polar surface area (TPSA) is 249 Å². The molecule has 4 N–H and O–H groups in total. The van der Waals surface area contributed by atoms with E-state index in [1.54, 1.807) is 47.0 Å². The summed E-state index contributed by atoms with van der Waals surface area (Å²) in [6.07, 6.45) is 5.44. The van der Waals surface area contributed by atoms with Gasteiger partial charge in [-0.2, -0.15) is 5.10 Å². The van der Waals surface area contributed by atoms with Crippen LogP contribution in [0.1, 0.15) is 91.6 Å². The monoisotopic (exact) mass is 1160 g/mol. The van der Waals surface area contributed by atoms with Crippen LogP contribution in [0.25, 0.3) is 5.65 Å². The number of aliphatic imine (C=N–C) groups is 1. The molecule has 4 aliphatic rings. The van der Waals surface area contributed by atoms with Gasteiger partial charge in [-0.1, -0.05) is 0 Å². The zero-order valence-corrected chi connectivity index (χ0v) is 47.8. The number of carbonyl (C=O) groups excluding carboxylic acids is 6. The van der Waals surface area contributed by atoms with Gasteiger partial charge in [0.05, 0.1) is 95.2 Å². The summed E-state index contributed by atoms with van der Waals surface area (Å²) in [6.45, 7) is 9.52. The van der Waals surface area contributed by atoms with Gasteiger partial charge in [0.2, 0.25) is 23.6 Å². The van der Waals surface area contributed by atoms with E-state index in [-0.39, 0.29) is 111 Å². The molecule has 25 heteroatoms. The molecule has 0 aliphatic carbocycles. The predicted molar refractivity (Wildman–Crippen MR) is 302 cm³/mol. The number of rotatable bonds is 26. The van der Waals surface area contributed by atoms with E-state index in [0.29, 0.717) is 106 Å². The highest BCUT2D eigenvalue weighted by atomic mass is 32.2. The zero-order valence-electron chi connectivity index (χ0n) is 46.9. The Morgan fingerprint density at radius 1 is 0.866 bits per heavy atom. The van der Waals surface area contributed by atoms with Crippen LogP contribution in [0.5, 0.6) is 5.75 Å². The van der Waals surface area contributed by atoms with Crippen molar-refractivity contribution in [2.75, 3.05) is 110 Å². The minimum atomic E-state index is -0.803. The SMILES string of the molecule is CN[C@@H](C)C(=O)N[C@H](C(=O)N1CCC[C@H]1C1=NC(C(=O)c2ccc(F)cc2)CS1)C1CCN(C(=O)CCOCCOCCOCCOCCC(=O)NCCN2C[C@H](C)Oc3ccc(F)cc3C(C)Nc3ccn4ncc(c4n3)C2=O)CC1. The first-order valence-electron chi connectivity index (χ1n) is 28.2. The predicted octanol–water partition coefficient (Wildman–Crippen LogP) is 4.09. The van der Waals surface area contributed by atoms with Crippen LogP contribution in [-0.4, -0.2) is 205 Å². The van der Waals surface area contributed by atoms with Crippen molar-refractivity contribution in [1.29, 1.82) is 0 Å². The summed E-state index contributed by atoms with van der Waals surface area (Å²) in [5, 5.41) is 17.1. The lowest BCUT2D eigenvalue weighted by Crippen LogP contribution is -2.58. The number of likely N-dealkylation sites (tertiary alicyclic amines) is 2. The first-order chi connectivity index (χ1) is 39.7. The number of hydrogen-bond donors (Lipinski definition) is 4. The number of ketones is 1. The fourth-order valence-corrected chi connectivity index (χ4v) is 11.5. The number of carbonyl (C=O) groups is 6. The maximum Gasteiger partial charge on any atom is 0.259 e. The number of anilines is 1. The van der Waals surface area contributed by atoms with E-state index in [0.717, 1.165) is 11.5 Å². The van der Waals surface area contributed by atoms with Crippen LogP contribution in [0, 0.1) is 17.6 Å². The second-order valence-electron chi connectivity index (χ2n) is 20.7. The molecule has 6 atom stereocenters. The molecular formula is C57H75F2N11O11S. The Morgan fingerprint density at radius 3 is 2.26 bits per heavy atom. The summed E-state index contributed by atoms with van der Waals surface area (Å²) in [5.74, 6) is -0.972. The van der Waals surface area contributed by atoms with E-state index in [2.05, 4.69) is 31.3 Å². The van der Waals surface area contributed by atoms with Gasteiger partial charge in [0, 0.05) is 62.2 Å². The molecule has 2 fully saturated rings. The maximum atomic E-state index is 14.4. The van der Waals surface area contributed by atoms with Crippen molar-refractivity contribution in [1.82, 2.24) is 45.2 Å². The second kappa shape index (κ2) is 30.1. The average Bonchev–Trinajstić information content (AvgIpc) is 4.35. The van der Waals surface area contributed by atoms with Crippen LogP contribution in [0.3, 0.4) is 0 Å². The number of Topliss-reactive ketones (excluding diaryl/α,β-unsaturated/α-hetero) is 1. The minimum absolute atomic E-state index is 0.0568. The number of aromatic nitrogens is 3. The summed E-state index contributed by atoms with van der Waals surface area (Å²) in [7, 11) is 1.68. The molecule has 0 radical (unpaired) electrons. The van der Waals surface area contributed by atoms with Gasteiger partial charge >= 0.3 is 0 Å². The number of piperidine rings is 1. The van der Waals surface area contributed by atoms with Crippen molar-refractivity contribution < 1.29 is 61.2 Å². The van der Waals surface area contributed by atoms with Gasteiger partial charge in [-0.3, -0.25) is 33.8 Å². The third kappa shape index (κ3) is 16.5. The van der Waals surface area contributed by atoms with Crippen molar-refractivity contribution >= 4 is 63.6 Å². The van der Waals surface area contributed by atoms with E-state index in [1.807, 2.05) is 13.8 Å². The summed E-state index contributed by atoms with van der Waals surface area (Å²) in [6, 6.07) is 8.81. The van der Waals surface area contributed by atoms with Crippen molar-refractivity contribution in [3.63, 3.8) is 0 Å². The molecule has 22 nitrogen and oxygen atoms in total. The van der Waals surface area contributed by atoms with E-state index in [9.17, 15) is 37.5 Å². The van der Waals surface area contributed by atoms with Gasteiger partial charge in [0.25, 0.3) is 5.91 Å². The van der Waals surface area contributed by atoms with Crippen LogP contribution in [0.2, 0.25) is 0 Å². The van der Waals surface area contributed by atoms with Gasteiger partial charge in [0.15, 0.2) is 11.4 Å². The smallest absolute Gasteiger partial charge is 0.259 e. The third-order valence-electron chi connectivity index (χ3n) is 14.9. The first kappa shape index (κ1) is 61.4. The summed E-state index contributed by atoms with van der Waals surface area (Å²) in [4.78, 5) is 95.3. The lowest BCUT2D eigenvalue weighted by atomic mass is 9.88. The molecule has 6 heterocycles. The van der Waals surface area contributed by atoms with E-state index < -0.39 is 35.9 Å². The Balaban J connectivity index is 0.670. The molecule has 0 saturated carbocycles. The summed E-state index contributed by atoms with van der Waals surface area (Å²) in [5.41, 5.74) is 1.62. The number of benzene rings is 2. The number of nitrogens with zero attached hydrogens (tertiary/aromatic N) is 7. The Hall–Kier alpha value is -6.64. The second-order valence-corrected chi connectivity index (χ2v) is 21.8. The van der Waals surface area contributed by atoms with E-state index in [1.165, 1.54) is 58.9 Å². The quantitative estimate of drug-likeness (QED) is 0.0511. The Labute approximate surface area is 480 Å². The van der Waals surface area contributed by atoms with Crippen LogP contribution in [0.4, 0.5) is 14.6 Å². The number of halogens is 2. The van der Waals surface area contributed by atoms with Gasteiger partial charge in [-0.25, -0.2) is 18.3 Å². The maximum absolute atomic E-state index is 14.4. The van der Waals surface area contributed by atoms with E-state index >= 15 is 0 Å². The molecule has 4 aromatic rings. The van der Waals surface area contributed by atoms with Crippen molar-refractivity contribution in [2.24, 2.45) is 10.9 Å². The number of amides is 5. The van der Waals surface area contributed by atoms with Crippen LogP contribution < -0.4 is 26.0 Å². The van der Waals surface area contributed by atoms with Crippen molar-refractivity contribution in [2.45, 2.75) is 95.6 Å². The molecule has 444 valence electrons. The Bertz CT molecular complexity index is 2870. The molecule has 2 aromatic carbocycles.